The van der Waals surface area contributed by atoms with Gasteiger partial charge in [0, 0.05) is 41.5 Å². The molecular formula is C29H29Cl2N7O4. The first-order valence-corrected chi connectivity index (χ1v) is 14.2. The first-order chi connectivity index (χ1) is 20.4. The predicted octanol–water partition coefficient (Wildman–Crippen LogP) is 4.77. The summed E-state index contributed by atoms with van der Waals surface area (Å²) in [6, 6.07) is 2.97. The minimum Gasteiger partial charge on any atom is -0.495 e. The van der Waals surface area contributed by atoms with E-state index in [1.165, 1.54) is 33.1 Å². The van der Waals surface area contributed by atoms with E-state index in [4.69, 9.17) is 47.4 Å². The van der Waals surface area contributed by atoms with Gasteiger partial charge in [-0.2, -0.15) is 5.10 Å². The number of methoxy groups -OCH3 is 2. The van der Waals surface area contributed by atoms with Crippen molar-refractivity contribution < 1.29 is 19.0 Å². The van der Waals surface area contributed by atoms with Gasteiger partial charge in [-0.25, -0.2) is 15.0 Å². The molecule has 1 aliphatic carbocycles. The van der Waals surface area contributed by atoms with Gasteiger partial charge in [-0.3, -0.25) is 9.48 Å². The number of hydrogen-bond donors (Lipinski definition) is 2. The molecule has 218 valence electrons. The van der Waals surface area contributed by atoms with Gasteiger partial charge < -0.3 is 24.8 Å². The van der Waals surface area contributed by atoms with E-state index in [1.54, 1.807) is 18.5 Å². The van der Waals surface area contributed by atoms with Crippen LogP contribution >= 0.6 is 23.2 Å². The lowest BCUT2D eigenvalue weighted by Crippen LogP contribution is -2.45. The summed E-state index contributed by atoms with van der Waals surface area (Å²) in [5, 5.41) is 12.1. The molecule has 1 aromatic carbocycles. The smallest absolute Gasteiger partial charge is 0.243 e. The summed E-state index contributed by atoms with van der Waals surface area (Å²) in [5.74, 6) is 1.56. The van der Waals surface area contributed by atoms with Crippen LogP contribution in [-0.4, -0.2) is 70.2 Å². The fourth-order valence-corrected chi connectivity index (χ4v) is 5.64. The number of aromatic nitrogens is 5. The van der Waals surface area contributed by atoms with E-state index >= 15 is 0 Å². The zero-order valence-electron chi connectivity index (χ0n) is 23.1. The molecule has 11 nitrogen and oxygen atoms in total. The SMILES string of the molecule is C=CC(=O)N[C@H]1COC[C@H]1Nc1ncc2cc(-c3c(Cl)c(OC)cc(OC)c3Cl)nc(-c3cnn(CC4CC4)c3)c2n1. The van der Waals surface area contributed by atoms with E-state index in [9.17, 15) is 4.79 Å². The molecule has 2 aliphatic rings. The summed E-state index contributed by atoms with van der Waals surface area (Å²) in [6.07, 6.45) is 9.12. The summed E-state index contributed by atoms with van der Waals surface area (Å²) < 4.78 is 18.5. The Balaban J connectivity index is 1.45. The highest BCUT2D eigenvalue weighted by Crippen LogP contribution is 2.46. The van der Waals surface area contributed by atoms with Crippen molar-refractivity contribution in [1.29, 1.82) is 0 Å². The standard InChI is InChI=1S/C29H29Cl2N7O4/c1-4-23(39)34-19-13-42-14-20(19)36-29-32-9-16-7-18(24-25(30)21(40-2)8-22(41-3)26(24)31)35-28(27(16)37-29)17-10-33-38(12-17)11-15-5-6-15/h4,7-10,12,15,19-20H,1,5-6,11,13-14H2,2-3H3,(H,34,39)(H,32,36,37)/t19-,20+/m0/s1. The van der Waals surface area contributed by atoms with Gasteiger partial charge in [-0.1, -0.05) is 29.8 Å². The molecule has 6 rings (SSSR count). The van der Waals surface area contributed by atoms with Crippen LogP contribution in [0.5, 0.6) is 11.5 Å². The fraction of sp³-hybridized carbons (Fsp3) is 0.345. The minimum absolute atomic E-state index is 0.231. The second-order valence-electron chi connectivity index (χ2n) is 10.3. The largest absolute Gasteiger partial charge is 0.495 e. The maximum atomic E-state index is 11.9. The van der Waals surface area contributed by atoms with Gasteiger partial charge in [0.2, 0.25) is 11.9 Å². The van der Waals surface area contributed by atoms with Gasteiger partial charge in [-0.05, 0) is 30.9 Å². The van der Waals surface area contributed by atoms with Gasteiger partial charge in [0.15, 0.2) is 0 Å². The summed E-state index contributed by atoms with van der Waals surface area (Å²) in [7, 11) is 3.05. The van der Waals surface area contributed by atoms with Crippen LogP contribution in [0.3, 0.4) is 0 Å². The molecule has 1 amide bonds. The van der Waals surface area contributed by atoms with Crippen molar-refractivity contribution in [2.24, 2.45) is 5.92 Å². The Labute approximate surface area is 252 Å². The van der Waals surface area contributed by atoms with Crippen LogP contribution in [0.15, 0.2) is 43.4 Å². The molecule has 1 saturated heterocycles. The Hall–Kier alpha value is -3.93. The Morgan fingerprint density at radius 1 is 1.12 bits per heavy atom. The zero-order chi connectivity index (χ0) is 29.4. The number of rotatable bonds is 10. The number of halogens is 2. The van der Waals surface area contributed by atoms with E-state index in [1.807, 2.05) is 16.9 Å². The van der Waals surface area contributed by atoms with Crippen LogP contribution in [0, 0.1) is 5.92 Å². The Morgan fingerprint density at radius 2 is 1.86 bits per heavy atom. The molecule has 0 spiro atoms. The van der Waals surface area contributed by atoms with Crippen molar-refractivity contribution in [1.82, 2.24) is 30.0 Å². The van der Waals surface area contributed by atoms with Crippen molar-refractivity contribution in [2.75, 3.05) is 32.8 Å². The maximum Gasteiger partial charge on any atom is 0.243 e. The summed E-state index contributed by atoms with van der Waals surface area (Å²) in [4.78, 5) is 26.3. The van der Waals surface area contributed by atoms with Crippen LogP contribution in [0.4, 0.5) is 5.95 Å². The second-order valence-corrected chi connectivity index (χ2v) is 11.0. The Kier molecular flexibility index (Phi) is 7.89. The number of ether oxygens (including phenoxy) is 3. The van der Waals surface area contributed by atoms with Gasteiger partial charge in [0.1, 0.15) is 22.7 Å². The average Bonchev–Trinajstić information content (AvgIpc) is 3.51. The van der Waals surface area contributed by atoms with E-state index in [0.29, 0.717) is 74.5 Å². The number of hydrogen-bond acceptors (Lipinski definition) is 9. The third-order valence-corrected chi connectivity index (χ3v) is 8.10. The molecule has 4 heterocycles. The van der Waals surface area contributed by atoms with E-state index in [-0.39, 0.29) is 18.0 Å². The molecule has 0 bridgehead atoms. The highest BCUT2D eigenvalue weighted by atomic mass is 35.5. The number of carbonyl (C=O) groups is 1. The average molecular weight is 611 g/mol. The van der Waals surface area contributed by atoms with Crippen molar-refractivity contribution in [3.8, 4) is 34.0 Å². The van der Waals surface area contributed by atoms with Crippen molar-refractivity contribution in [2.45, 2.75) is 31.5 Å². The zero-order valence-corrected chi connectivity index (χ0v) is 24.6. The Morgan fingerprint density at radius 3 is 2.55 bits per heavy atom. The predicted molar refractivity (Wildman–Crippen MR) is 160 cm³/mol. The first kappa shape index (κ1) is 28.2. The third-order valence-electron chi connectivity index (χ3n) is 7.35. The highest BCUT2D eigenvalue weighted by molar-refractivity contribution is 6.41. The monoisotopic (exact) mass is 609 g/mol. The molecule has 0 radical (unpaired) electrons. The maximum absolute atomic E-state index is 11.9. The van der Waals surface area contributed by atoms with Gasteiger partial charge in [-0.15, -0.1) is 0 Å². The first-order valence-electron chi connectivity index (χ1n) is 13.5. The van der Waals surface area contributed by atoms with E-state index in [0.717, 1.165) is 12.1 Å². The molecule has 4 aromatic rings. The van der Waals surface area contributed by atoms with Gasteiger partial charge >= 0.3 is 0 Å². The number of anilines is 1. The van der Waals surface area contributed by atoms with E-state index in [2.05, 4.69) is 27.3 Å². The normalized spacial score (nSPS) is 18.2. The number of fused-ring (bicyclic) bond motifs is 1. The molecule has 13 heteroatoms. The van der Waals surface area contributed by atoms with Crippen molar-refractivity contribution >= 4 is 46.0 Å². The van der Waals surface area contributed by atoms with Crippen molar-refractivity contribution in [3.63, 3.8) is 0 Å². The lowest BCUT2D eigenvalue weighted by molar-refractivity contribution is -0.117. The molecule has 1 saturated carbocycles. The molecular weight excluding hydrogens is 581 g/mol. The summed E-state index contributed by atoms with van der Waals surface area (Å²) in [6.45, 7) is 5.13. The van der Waals surface area contributed by atoms with Gasteiger partial charge in [0.05, 0.1) is 61.5 Å². The number of nitrogens with zero attached hydrogens (tertiary/aromatic N) is 5. The number of amides is 1. The fourth-order valence-electron chi connectivity index (χ4n) is 4.95. The molecule has 2 N–H and O–H groups in total. The number of carbonyl (C=O) groups excluding carboxylic acids is 1. The molecule has 1 aliphatic heterocycles. The van der Waals surface area contributed by atoms with Crippen LogP contribution in [0.25, 0.3) is 33.4 Å². The quantitative estimate of drug-likeness (QED) is 0.244. The van der Waals surface area contributed by atoms with Crippen LogP contribution in [-0.2, 0) is 16.1 Å². The van der Waals surface area contributed by atoms with Crippen LogP contribution in [0.2, 0.25) is 10.0 Å². The Bertz CT molecular complexity index is 1650. The van der Waals surface area contributed by atoms with Gasteiger partial charge in [0.25, 0.3) is 0 Å². The minimum atomic E-state index is -0.273. The lowest BCUT2D eigenvalue weighted by Gasteiger charge is -2.20. The van der Waals surface area contributed by atoms with Crippen molar-refractivity contribution in [3.05, 3.63) is 53.4 Å². The number of nitrogens with one attached hydrogen (secondary N) is 2. The summed E-state index contributed by atoms with van der Waals surface area (Å²) >= 11 is 13.5. The van der Waals surface area contributed by atoms with Crippen LogP contribution < -0.4 is 20.1 Å². The number of pyridine rings is 1. The summed E-state index contributed by atoms with van der Waals surface area (Å²) in [5.41, 5.74) is 2.95. The van der Waals surface area contributed by atoms with E-state index < -0.39 is 0 Å². The molecule has 2 fully saturated rings. The molecule has 0 unspecified atom stereocenters. The lowest BCUT2D eigenvalue weighted by atomic mass is 10.1. The second kappa shape index (κ2) is 11.7. The highest BCUT2D eigenvalue weighted by Gasteiger charge is 2.30. The molecule has 42 heavy (non-hydrogen) atoms. The molecule has 2 atom stereocenters. The van der Waals surface area contributed by atoms with Crippen LogP contribution in [0.1, 0.15) is 12.8 Å². The molecule has 3 aromatic heterocycles. The third kappa shape index (κ3) is 5.59. The topological polar surface area (TPSA) is 125 Å². The number of benzene rings is 1.